The highest BCUT2D eigenvalue weighted by molar-refractivity contribution is 9.10. The molecule has 3 nitrogen and oxygen atoms in total. The molecule has 0 spiro atoms. The molecule has 0 unspecified atom stereocenters. The second-order valence-corrected chi connectivity index (χ2v) is 7.70. The van der Waals surface area contributed by atoms with E-state index in [4.69, 9.17) is 21.4 Å². The molecule has 2 heterocycles. The van der Waals surface area contributed by atoms with Crippen LogP contribution in [0.2, 0.25) is 5.02 Å². The minimum Gasteiger partial charge on any atom is -0.467 e. The van der Waals surface area contributed by atoms with Crippen molar-refractivity contribution in [3.63, 3.8) is 0 Å². The van der Waals surface area contributed by atoms with Gasteiger partial charge >= 0.3 is 0 Å². The highest BCUT2D eigenvalue weighted by atomic mass is 79.9. The molecule has 2 aromatic rings. The molecular formula is C18H16BrClN2O. The number of hydrogen-bond acceptors (Lipinski definition) is 3. The standard InChI is InChI=1S/C18H16BrClN2O/c1-18(2)22-16(14-9-12(19)5-8-17(14)23-18)10-15(21-22)11-3-6-13(20)7-4-11/h3-9,16H,10H2,1-2H3/t16-/m0/s1. The first kappa shape index (κ1) is 15.0. The molecule has 0 aliphatic carbocycles. The topological polar surface area (TPSA) is 24.8 Å². The lowest BCUT2D eigenvalue weighted by Gasteiger charge is -2.43. The van der Waals surface area contributed by atoms with Gasteiger partial charge in [0.25, 0.3) is 0 Å². The number of benzene rings is 2. The van der Waals surface area contributed by atoms with E-state index in [1.807, 2.05) is 36.4 Å². The Balaban J connectivity index is 1.77. The summed E-state index contributed by atoms with van der Waals surface area (Å²) in [5, 5.41) is 7.67. The van der Waals surface area contributed by atoms with Crippen molar-refractivity contribution in [2.75, 3.05) is 0 Å². The Morgan fingerprint density at radius 3 is 2.70 bits per heavy atom. The molecule has 4 rings (SSSR count). The minimum absolute atomic E-state index is 0.192. The number of rotatable bonds is 1. The number of hydrazone groups is 1. The molecule has 2 aromatic carbocycles. The lowest BCUT2D eigenvalue weighted by Crippen LogP contribution is -2.48. The molecule has 2 aliphatic rings. The highest BCUT2D eigenvalue weighted by Gasteiger charge is 2.44. The van der Waals surface area contributed by atoms with Crippen LogP contribution in [-0.4, -0.2) is 16.4 Å². The van der Waals surface area contributed by atoms with Crippen molar-refractivity contribution < 1.29 is 4.74 Å². The smallest absolute Gasteiger partial charge is 0.192 e. The molecule has 0 radical (unpaired) electrons. The van der Waals surface area contributed by atoms with Gasteiger partial charge in [-0.3, -0.25) is 0 Å². The Morgan fingerprint density at radius 2 is 1.96 bits per heavy atom. The van der Waals surface area contributed by atoms with Gasteiger partial charge in [0, 0.05) is 21.5 Å². The maximum absolute atomic E-state index is 6.17. The third-order valence-corrected chi connectivity index (χ3v) is 5.08. The summed E-state index contributed by atoms with van der Waals surface area (Å²) in [5.41, 5.74) is 2.87. The van der Waals surface area contributed by atoms with Gasteiger partial charge in [-0.05, 0) is 49.7 Å². The predicted molar refractivity (Wildman–Crippen MR) is 96.0 cm³/mol. The summed E-state index contributed by atoms with van der Waals surface area (Å²) in [6.45, 7) is 4.11. The van der Waals surface area contributed by atoms with Gasteiger partial charge in [0.05, 0.1) is 11.8 Å². The van der Waals surface area contributed by atoms with Crippen molar-refractivity contribution in [2.45, 2.75) is 32.0 Å². The van der Waals surface area contributed by atoms with Gasteiger partial charge in [-0.15, -0.1) is 0 Å². The maximum Gasteiger partial charge on any atom is 0.192 e. The van der Waals surface area contributed by atoms with Crippen LogP contribution in [0.4, 0.5) is 0 Å². The fraction of sp³-hybridized carbons (Fsp3) is 0.278. The molecule has 0 saturated carbocycles. The van der Waals surface area contributed by atoms with Gasteiger partial charge in [0.1, 0.15) is 5.75 Å². The quantitative estimate of drug-likeness (QED) is 0.652. The van der Waals surface area contributed by atoms with E-state index < -0.39 is 5.72 Å². The number of fused-ring (bicyclic) bond motifs is 3. The van der Waals surface area contributed by atoms with E-state index in [9.17, 15) is 0 Å². The van der Waals surface area contributed by atoms with Crippen molar-refractivity contribution in [2.24, 2.45) is 5.10 Å². The number of nitrogens with zero attached hydrogens (tertiary/aromatic N) is 2. The van der Waals surface area contributed by atoms with Crippen LogP contribution in [0.5, 0.6) is 5.75 Å². The van der Waals surface area contributed by atoms with Gasteiger partial charge in [-0.2, -0.15) is 5.10 Å². The van der Waals surface area contributed by atoms with Crippen molar-refractivity contribution >= 4 is 33.2 Å². The number of ether oxygens (including phenoxy) is 1. The van der Waals surface area contributed by atoms with E-state index in [1.54, 1.807) is 0 Å². The Morgan fingerprint density at radius 1 is 1.22 bits per heavy atom. The first-order valence-electron chi connectivity index (χ1n) is 7.55. The second-order valence-electron chi connectivity index (χ2n) is 6.35. The van der Waals surface area contributed by atoms with Gasteiger partial charge in [0.15, 0.2) is 5.72 Å². The van der Waals surface area contributed by atoms with Crippen molar-refractivity contribution in [1.29, 1.82) is 0 Å². The lowest BCUT2D eigenvalue weighted by molar-refractivity contribution is -0.0911. The van der Waals surface area contributed by atoms with Crippen LogP contribution in [0.15, 0.2) is 52.0 Å². The molecule has 0 saturated heterocycles. The minimum atomic E-state index is -0.473. The molecular weight excluding hydrogens is 376 g/mol. The molecule has 2 aliphatic heterocycles. The number of hydrogen-bond donors (Lipinski definition) is 0. The zero-order valence-corrected chi connectivity index (χ0v) is 15.2. The summed E-state index contributed by atoms with van der Waals surface area (Å²) in [6, 6.07) is 14.2. The molecule has 118 valence electrons. The Labute approximate surface area is 149 Å². The second kappa shape index (κ2) is 5.25. The van der Waals surface area contributed by atoms with Crippen LogP contribution in [0, 0.1) is 0 Å². The third-order valence-electron chi connectivity index (χ3n) is 4.33. The third kappa shape index (κ3) is 2.54. The summed E-state index contributed by atoms with van der Waals surface area (Å²) in [6.07, 6.45) is 0.859. The zero-order valence-electron chi connectivity index (χ0n) is 12.9. The molecule has 0 aromatic heterocycles. The SMILES string of the molecule is CC1(C)Oc2ccc(Br)cc2[C@@H]2CC(c3ccc(Cl)cc3)=NN21. The average molecular weight is 392 g/mol. The van der Waals surface area contributed by atoms with Gasteiger partial charge in [-0.25, -0.2) is 5.01 Å². The van der Waals surface area contributed by atoms with Gasteiger partial charge in [0.2, 0.25) is 0 Å². The Kier molecular flexibility index (Phi) is 3.43. The van der Waals surface area contributed by atoms with Crippen LogP contribution < -0.4 is 4.74 Å². The van der Waals surface area contributed by atoms with E-state index in [0.717, 1.165) is 32.9 Å². The molecule has 0 N–H and O–H groups in total. The molecule has 0 amide bonds. The molecule has 0 bridgehead atoms. The highest BCUT2D eigenvalue weighted by Crippen LogP contribution is 2.47. The van der Waals surface area contributed by atoms with E-state index in [-0.39, 0.29) is 6.04 Å². The molecule has 23 heavy (non-hydrogen) atoms. The number of halogens is 2. The monoisotopic (exact) mass is 390 g/mol. The fourth-order valence-corrected chi connectivity index (χ4v) is 3.76. The Hall–Kier alpha value is -1.52. The van der Waals surface area contributed by atoms with E-state index >= 15 is 0 Å². The van der Waals surface area contributed by atoms with Crippen LogP contribution >= 0.6 is 27.5 Å². The van der Waals surface area contributed by atoms with Gasteiger partial charge in [-0.1, -0.05) is 39.7 Å². The summed E-state index contributed by atoms with van der Waals surface area (Å²) >= 11 is 9.55. The van der Waals surface area contributed by atoms with Crippen LogP contribution in [0.3, 0.4) is 0 Å². The summed E-state index contributed by atoms with van der Waals surface area (Å²) in [7, 11) is 0. The largest absolute Gasteiger partial charge is 0.467 e. The summed E-state index contributed by atoms with van der Waals surface area (Å²) in [5.74, 6) is 0.937. The zero-order chi connectivity index (χ0) is 16.2. The normalized spacial score (nSPS) is 21.3. The van der Waals surface area contributed by atoms with Crippen LogP contribution in [0.1, 0.15) is 37.4 Å². The van der Waals surface area contributed by atoms with Crippen molar-refractivity contribution in [3.05, 3.63) is 63.1 Å². The van der Waals surface area contributed by atoms with Crippen LogP contribution in [0.25, 0.3) is 0 Å². The van der Waals surface area contributed by atoms with Crippen LogP contribution in [-0.2, 0) is 0 Å². The molecule has 1 atom stereocenters. The summed E-state index contributed by atoms with van der Waals surface area (Å²) < 4.78 is 7.22. The van der Waals surface area contributed by atoms with Crippen molar-refractivity contribution in [3.8, 4) is 5.75 Å². The first-order valence-corrected chi connectivity index (χ1v) is 8.72. The molecule has 5 heteroatoms. The fourth-order valence-electron chi connectivity index (χ4n) is 3.25. The summed E-state index contributed by atoms with van der Waals surface area (Å²) in [4.78, 5) is 0. The van der Waals surface area contributed by atoms with E-state index in [1.165, 1.54) is 5.56 Å². The first-order chi connectivity index (χ1) is 10.9. The predicted octanol–water partition coefficient (Wildman–Crippen LogP) is 5.38. The Bertz CT molecular complexity index is 801. The lowest BCUT2D eigenvalue weighted by atomic mass is 9.95. The van der Waals surface area contributed by atoms with Crippen molar-refractivity contribution in [1.82, 2.24) is 5.01 Å². The van der Waals surface area contributed by atoms with Gasteiger partial charge < -0.3 is 4.74 Å². The maximum atomic E-state index is 6.17. The van der Waals surface area contributed by atoms with E-state index in [0.29, 0.717) is 0 Å². The van der Waals surface area contributed by atoms with E-state index in [2.05, 4.69) is 40.9 Å². The average Bonchev–Trinajstić information content (AvgIpc) is 2.95. The molecule has 0 fully saturated rings.